The Kier molecular flexibility index (Phi) is 2.69. The van der Waals surface area contributed by atoms with E-state index in [9.17, 15) is 4.79 Å². The number of H-pyrrole nitrogens is 1. The van der Waals surface area contributed by atoms with Crippen LogP contribution in [-0.2, 0) is 0 Å². The predicted molar refractivity (Wildman–Crippen MR) is 49.1 cm³/mol. The Morgan fingerprint density at radius 3 is 2.50 bits per heavy atom. The first-order chi connectivity index (χ1) is 5.63. The summed E-state index contributed by atoms with van der Waals surface area (Å²) >= 11 is 0. The lowest BCUT2D eigenvalue weighted by molar-refractivity contribution is 0.0895. The van der Waals surface area contributed by atoms with Crippen LogP contribution in [0, 0.1) is 11.8 Å². The third kappa shape index (κ3) is 1.76. The molecule has 0 bridgehead atoms. The van der Waals surface area contributed by atoms with Gasteiger partial charge >= 0.3 is 0 Å². The number of ketones is 1. The van der Waals surface area contributed by atoms with Gasteiger partial charge in [-0.2, -0.15) is 0 Å². The van der Waals surface area contributed by atoms with Crippen LogP contribution in [0.3, 0.4) is 0 Å². The van der Waals surface area contributed by atoms with Gasteiger partial charge in [0.25, 0.3) is 0 Å². The van der Waals surface area contributed by atoms with Crippen LogP contribution in [0.15, 0.2) is 18.3 Å². The van der Waals surface area contributed by atoms with Gasteiger partial charge in [-0.1, -0.05) is 20.8 Å². The monoisotopic (exact) mass is 165 g/mol. The number of carbonyl (C=O) groups excluding carboxylic acids is 1. The summed E-state index contributed by atoms with van der Waals surface area (Å²) in [5, 5.41) is 0. The molecular weight excluding hydrogens is 150 g/mol. The summed E-state index contributed by atoms with van der Waals surface area (Å²) in [7, 11) is 0. The van der Waals surface area contributed by atoms with Gasteiger partial charge < -0.3 is 4.98 Å². The minimum atomic E-state index is 0.101. The minimum absolute atomic E-state index is 0.101. The first-order valence-corrected chi connectivity index (χ1v) is 4.30. The molecule has 1 aromatic rings. The van der Waals surface area contributed by atoms with Gasteiger partial charge in [0.05, 0.1) is 5.69 Å². The molecule has 1 heterocycles. The van der Waals surface area contributed by atoms with E-state index in [0.29, 0.717) is 5.92 Å². The molecule has 2 heteroatoms. The van der Waals surface area contributed by atoms with Crippen LogP contribution >= 0.6 is 0 Å². The quantitative estimate of drug-likeness (QED) is 0.686. The van der Waals surface area contributed by atoms with E-state index >= 15 is 0 Å². The largest absolute Gasteiger partial charge is 0.359 e. The third-order valence-electron chi connectivity index (χ3n) is 2.28. The second-order valence-corrected chi connectivity index (χ2v) is 3.48. The molecule has 1 aromatic heterocycles. The first-order valence-electron chi connectivity index (χ1n) is 4.30. The summed E-state index contributed by atoms with van der Waals surface area (Å²) in [6.45, 7) is 6.09. The lowest BCUT2D eigenvalue weighted by Gasteiger charge is -2.12. The summed E-state index contributed by atoms with van der Waals surface area (Å²) in [5.41, 5.74) is 0.719. The van der Waals surface area contributed by atoms with Crippen molar-refractivity contribution in [1.29, 1.82) is 0 Å². The molecule has 0 aliphatic carbocycles. The van der Waals surface area contributed by atoms with Crippen molar-refractivity contribution in [2.75, 3.05) is 0 Å². The molecular formula is C10H15NO. The van der Waals surface area contributed by atoms with Gasteiger partial charge in [-0.25, -0.2) is 0 Å². The summed E-state index contributed by atoms with van der Waals surface area (Å²) in [5.74, 6) is 0.708. The maximum atomic E-state index is 11.6. The molecule has 0 fully saturated rings. The zero-order valence-electron chi connectivity index (χ0n) is 7.79. The van der Waals surface area contributed by atoms with Crippen molar-refractivity contribution in [3.63, 3.8) is 0 Å². The number of hydrogen-bond donors (Lipinski definition) is 1. The fourth-order valence-electron chi connectivity index (χ4n) is 1.03. The third-order valence-corrected chi connectivity index (χ3v) is 2.28. The Labute approximate surface area is 73.0 Å². The Morgan fingerprint density at radius 1 is 1.42 bits per heavy atom. The van der Waals surface area contributed by atoms with Crippen LogP contribution in [0.25, 0.3) is 0 Å². The van der Waals surface area contributed by atoms with Gasteiger partial charge in [0.2, 0.25) is 0 Å². The first kappa shape index (κ1) is 9.04. The Bertz CT molecular complexity index is 249. The second kappa shape index (κ2) is 3.57. The molecule has 0 saturated carbocycles. The summed E-state index contributed by atoms with van der Waals surface area (Å²) < 4.78 is 0. The van der Waals surface area contributed by atoms with Crippen LogP contribution in [0.4, 0.5) is 0 Å². The van der Waals surface area contributed by atoms with E-state index in [1.807, 2.05) is 19.1 Å². The van der Waals surface area contributed by atoms with Crippen molar-refractivity contribution in [3.8, 4) is 0 Å². The zero-order valence-corrected chi connectivity index (χ0v) is 7.79. The topological polar surface area (TPSA) is 32.9 Å². The van der Waals surface area contributed by atoms with Crippen molar-refractivity contribution in [2.24, 2.45) is 11.8 Å². The van der Waals surface area contributed by atoms with Crippen LogP contribution in [-0.4, -0.2) is 10.8 Å². The predicted octanol–water partition coefficient (Wildman–Crippen LogP) is 2.49. The summed E-state index contributed by atoms with van der Waals surface area (Å²) in [4.78, 5) is 14.5. The highest BCUT2D eigenvalue weighted by Crippen LogP contribution is 2.14. The maximum Gasteiger partial charge on any atom is 0.182 e. The fraction of sp³-hybridized carbons (Fsp3) is 0.500. The normalized spacial score (nSPS) is 13.3. The number of rotatable bonds is 3. The molecule has 0 amide bonds. The molecule has 0 spiro atoms. The number of hydrogen-bond acceptors (Lipinski definition) is 1. The Hall–Kier alpha value is -1.05. The number of nitrogens with one attached hydrogen (secondary N) is 1. The van der Waals surface area contributed by atoms with Crippen molar-refractivity contribution in [3.05, 3.63) is 24.0 Å². The van der Waals surface area contributed by atoms with Crippen LogP contribution in [0.1, 0.15) is 31.3 Å². The molecule has 0 radical (unpaired) electrons. The molecule has 0 aliphatic rings. The molecule has 0 saturated heterocycles. The fourth-order valence-corrected chi connectivity index (χ4v) is 1.03. The van der Waals surface area contributed by atoms with Crippen molar-refractivity contribution in [1.82, 2.24) is 4.98 Å². The molecule has 1 atom stereocenters. The number of aromatic nitrogens is 1. The second-order valence-electron chi connectivity index (χ2n) is 3.48. The molecule has 66 valence electrons. The van der Waals surface area contributed by atoms with Gasteiger partial charge in [0, 0.05) is 12.1 Å². The number of Topliss-reactive ketones (excluding diaryl/α,β-unsaturated/α-hetero) is 1. The highest BCUT2D eigenvalue weighted by Gasteiger charge is 2.18. The van der Waals surface area contributed by atoms with E-state index in [4.69, 9.17) is 0 Å². The van der Waals surface area contributed by atoms with Gasteiger partial charge in [0.15, 0.2) is 5.78 Å². The maximum absolute atomic E-state index is 11.6. The lowest BCUT2D eigenvalue weighted by atomic mass is 9.92. The molecule has 1 unspecified atom stereocenters. The van der Waals surface area contributed by atoms with E-state index in [2.05, 4.69) is 18.8 Å². The zero-order chi connectivity index (χ0) is 9.14. The van der Waals surface area contributed by atoms with Crippen molar-refractivity contribution >= 4 is 5.78 Å². The van der Waals surface area contributed by atoms with E-state index in [1.54, 1.807) is 6.20 Å². The average molecular weight is 165 g/mol. The minimum Gasteiger partial charge on any atom is -0.359 e. The van der Waals surface area contributed by atoms with Gasteiger partial charge in [-0.15, -0.1) is 0 Å². The van der Waals surface area contributed by atoms with E-state index in [0.717, 1.165) is 5.69 Å². The van der Waals surface area contributed by atoms with Crippen LogP contribution < -0.4 is 0 Å². The average Bonchev–Trinajstić information content (AvgIpc) is 2.53. The lowest BCUT2D eigenvalue weighted by Crippen LogP contribution is -2.17. The Balaban J connectivity index is 2.72. The molecule has 12 heavy (non-hydrogen) atoms. The highest BCUT2D eigenvalue weighted by molar-refractivity contribution is 5.96. The smallest absolute Gasteiger partial charge is 0.182 e. The standard InChI is InChI=1S/C10H15NO/c1-7(2)8(3)10(12)9-5-4-6-11-9/h4-8,11H,1-3H3. The molecule has 1 N–H and O–H groups in total. The van der Waals surface area contributed by atoms with Gasteiger partial charge in [-0.05, 0) is 18.1 Å². The highest BCUT2D eigenvalue weighted by atomic mass is 16.1. The molecule has 2 nitrogen and oxygen atoms in total. The SMILES string of the molecule is CC(C)C(C)C(=O)c1ccc[nH]1. The summed E-state index contributed by atoms with van der Waals surface area (Å²) in [6.07, 6.45) is 1.78. The number of carbonyl (C=O) groups is 1. The van der Waals surface area contributed by atoms with Crippen molar-refractivity contribution < 1.29 is 4.79 Å². The summed E-state index contributed by atoms with van der Waals surface area (Å²) in [6, 6.07) is 3.67. The van der Waals surface area contributed by atoms with Crippen molar-refractivity contribution in [2.45, 2.75) is 20.8 Å². The van der Waals surface area contributed by atoms with Gasteiger partial charge in [-0.3, -0.25) is 4.79 Å². The molecule has 0 aromatic carbocycles. The van der Waals surface area contributed by atoms with E-state index in [-0.39, 0.29) is 11.7 Å². The van der Waals surface area contributed by atoms with E-state index in [1.165, 1.54) is 0 Å². The van der Waals surface area contributed by atoms with Crippen LogP contribution in [0.2, 0.25) is 0 Å². The molecule has 1 rings (SSSR count). The molecule has 0 aliphatic heterocycles. The number of aromatic amines is 1. The Morgan fingerprint density at radius 2 is 2.08 bits per heavy atom. The van der Waals surface area contributed by atoms with Gasteiger partial charge in [0.1, 0.15) is 0 Å². The van der Waals surface area contributed by atoms with E-state index < -0.39 is 0 Å². The van der Waals surface area contributed by atoms with Crippen LogP contribution in [0.5, 0.6) is 0 Å².